The number of hydrogen-bond acceptors (Lipinski definition) is 7. The monoisotopic (exact) mass is 365 g/mol. The van der Waals surface area contributed by atoms with E-state index in [1.165, 1.54) is 5.56 Å². The van der Waals surface area contributed by atoms with E-state index in [-0.39, 0.29) is 0 Å². The van der Waals surface area contributed by atoms with E-state index >= 15 is 0 Å². The van der Waals surface area contributed by atoms with Crippen LogP contribution >= 0.6 is 0 Å². The Balaban J connectivity index is 1.87. The molecule has 1 heterocycles. The molecule has 27 heavy (non-hydrogen) atoms. The third-order valence-corrected chi connectivity index (χ3v) is 4.14. The Kier molecular flexibility index (Phi) is 5.40. The van der Waals surface area contributed by atoms with Gasteiger partial charge in [0.25, 0.3) is 0 Å². The minimum Gasteiger partial charge on any atom is -0.497 e. The van der Waals surface area contributed by atoms with Gasteiger partial charge >= 0.3 is 0 Å². The Morgan fingerprint density at radius 3 is 2.30 bits per heavy atom. The SMILES string of the molecule is COc1ccc(OC)c(Nc2cnnc(Nc3c(C)cc(C)cc3C)n2)c1. The second-order valence-electron chi connectivity index (χ2n) is 6.26. The molecule has 140 valence electrons. The predicted molar refractivity (Wildman–Crippen MR) is 107 cm³/mol. The number of aromatic nitrogens is 3. The molecule has 0 unspecified atom stereocenters. The van der Waals surface area contributed by atoms with Crippen molar-refractivity contribution in [1.29, 1.82) is 0 Å². The van der Waals surface area contributed by atoms with Crippen molar-refractivity contribution in [3.8, 4) is 11.5 Å². The highest BCUT2D eigenvalue weighted by Crippen LogP contribution is 2.31. The smallest absolute Gasteiger partial charge is 0.249 e. The molecule has 7 nitrogen and oxygen atoms in total. The third-order valence-electron chi connectivity index (χ3n) is 4.14. The number of aryl methyl sites for hydroxylation is 3. The Morgan fingerprint density at radius 1 is 0.889 bits per heavy atom. The predicted octanol–water partition coefficient (Wildman–Crippen LogP) is 4.30. The maximum Gasteiger partial charge on any atom is 0.249 e. The van der Waals surface area contributed by atoms with Gasteiger partial charge in [0, 0.05) is 11.8 Å². The number of rotatable bonds is 6. The Hall–Kier alpha value is -3.35. The van der Waals surface area contributed by atoms with E-state index in [2.05, 4.69) is 58.7 Å². The summed E-state index contributed by atoms with van der Waals surface area (Å²) in [4.78, 5) is 4.51. The lowest BCUT2D eigenvalue weighted by Crippen LogP contribution is -2.05. The Bertz CT molecular complexity index is 936. The summed E-state index contributed by atoms with van der Waals surface area (Å²) in [5.74, 6) is 2.34. The number of nitrogens with one attached hydrogen (secondary N) is 2. The Morgan fingerprint density at radius 2 is 1.63 bits per heavy atom. The maximum absolute atomic E-state index is 5.39. The van der Waals surface area contributed by atoms with Crippen LogP contribution in [-0.2, 0) is 0 Å². The normalized spacial score (nSPS) is 10.4. The third kappa shape index (κ3) is 4.25. The van der Waals surface area contributed by atoms with Crippen LogP contribution in [0, 0.1) is 20.8 Å². The van der Waals surface area contributed by atoms with E-state index in [0.29, 0.717) is 23.3 Å². The number of methoxy groups -OCH3 is 2. The van der Waals surface area contributed by atoms with Crippen molar-refractivity contribution in [1.82, 2.24) is 15.2 Å². The fraction of sp³-hybridized carbons (Fsp3) is 0.250. The van der Waals surface area contributed by atoms with E-state index in [1.807, 2.05) is 18.2 Å². The van der Waals surface area contributed by atoms with Crippen molar-refractivity contribution in [2.24, 2.45) is 0 Å². The maximum atomic E-state index is 5.39. The average molecular weight is 365 g/mol. The topological polar surface area (TPSA) is 81.2 Å². The summed E-state index contributed by atoms with van der Waals surface area (Å²) in [7, 11) is 3.23. The van der Waals surface area contributed by atoms with Crippen LogP contribution in [0.2, 0.25) is 0 Å². The zero-order valence-corrected chi connectivity index (χ0v) is 16.1. The summed E-state index contributed by atoms with van der Waals surface area (Å²) in [6.45, 7) is 6.19. The van der Waals surface area contributed by atoms with Gasteiger partial charge in [0.15, 0.2) is 5.82 Å². The van der Waals surface area contributed by atoms with Crippen molar-refractivity contribution in [2.75, 3.05) is 24.9 Å². The molecular formula is C20H23N5O2. The largest absolute Gasteiger partial charge is 0.497 e. The minimum atomic E-state index is 0.414. The summed E-state index contributed by atoms with van der Waals surface area (Å²) < 4.78 is 10.7. The average Bonchev–Trinajstić information content (AvgIpc) is 2.65. The molecular weight excluding hydrogens is 342 g/mol. The highest BCUT2D eigenvalue weighted by molar-refractivity contribution is 5.68. The van der Waals surface area contributed by atoms with Gasteiger partial charge in [0.2, 0.25) is 5.95 Å². The highest BCUT2D eigenvalue weighted by Gasteiger charge is 2.10. The van der Waals surface area contributed by atoms with Gasteiger partial charge in [-0.05, 0) is 44.0 Å². The number of ether oxygens (including phenoxy) is 2. The van der Waals surface area contributed by atoms with Crippen LogP contribution in [0.25, 0.3) is 0 Å². The van der Waals surface area contributed by atoms with Crippen LogP contribution in [0.15, 0.2) is 36.5 Å². The van der Waals surface area contributed by atoms with Gasteiger partial charge in [0.1, 0.15) is 11.5 Å². The summed E-state index contributed by atoms with van der Waals surface area (Å²) in [6, 6.07) is 9.73. The van der Waals surface area contributed by atoms with Gasteiger partial charge in [-0.25, -0.2) is 0 Å². The van der Waals surface area contributed by atoms with E-state index in [0.717, 1.165) is 22.5 Å². The first-order valence-corrected chi connectivity index (χ1v) is 8.54. The lowest BCUT2D eigenvalue weighted by atomic mass is 10.1. The molecule has 0 saturated heterocycles. The van der Waals surface area contributed by atoms with Crippen molar-refractivity contribution in [2.45, 2.75) is 20.8 Å². The second kappa shape index (κ2) is 7.90. The first-order valence-electron chi connectivity index (χ1n) is 8.54. The van der Waals surface area contributed by atoms with Gasteiger partial charge in [-0.15, -0.1) is 5.10 Å². The molecule has 0 bridgehead atoms. The summed E-state index contributed by atoms with van der Waals surface area (Å²) >= 11 is 0. The molecule has 0 fully saturated rings. The first kappa shape index (κ1) is 18.4. The van der Waals surface area contributed by atoms with Gasteiger partial charge in [0.05, 0.1) is 26.1 Å². The van der Waals surface area contributed by atoms with Crippen molar-refractivity contribution in [3.63, 3.8) is 0 Å². The zero-order chi connectivity index (χ0) is 19.4. The van der Waals surface area contributed by atoms with E-state index in [4.69, 9.17) is 9.47 Å². The van der Waals surface area contributed by atoms with Crippen LogP contribution in [0.3, 0.4) is 0 Å². The molecule has 2 N–H and O–H groups in total. The number of benzene rings is 2. The Labute approximate surface area is 158 Å². The van der Waals surface area contributed by atoms with Crippen LogP contribution < -0.4 is 20.1 Å². The molecule has 0 aliphatic rings. The van der Waals surface area contributed by atoms with E-state index in [9.17, 15) is 0 Å². The summed E-state index contributed by atoms with van der Waals surface area (Å²) in [5.41, 5.74) is 5.19. The van der Waals surface area contributed by atoms with Crippen LogP contribution in [0.1, 0.15) is 16.7 Å². The van der Waals surface area contributed by atoms with Crippen molar-refractivity contribution >= 4 is 23.1 Å². The summed E-state index contributed by atoms with van der Waals surface area (Å²) in [6.07, 6.45) is 1.55. The van der Waals surface area contributed by atoms with Crippen LogP contribution in [-0.4, -0.2) is 29.4 Å². The fourth-order valence-corrected chi connectivity index (χ4v) is 2.96. The number of nitrogens with zero attached hydrogens (tertiary/aromatic N) is 3. The van der Waals surface area contributed by atoms with E-state index in [1.54, 1.807) is 20.4 Å². The number of hydrogen-bond donors (Lipinski definition) is 2. The molecule has 2 aromatic carbocycles. The molecule has 0 radical (unpaired) electrons. The molecule has 0 amide bonds. The van der Waals surface area contributed by atoms with Gasteiger partial charge < -0.3 is 20.1 Å². The number of anilines is 4. The molecule has 0 aliphatic carbocycles. The molecule has 7 heteroatoms. The van der Waals surface area contributed by atoms with E-state index < -0.39 is 0 Å². The van der Waals surface area contributed by atoms with Crippen LogP contribution in [0.4, 0.5) is 23.1 Å². The molecule has 1 aromatic heterocycles. The van der Waals surface area contributed by atoms with Gasteiger partial charge in [-0.1, -0.05) is 17.7 Å². The van der Waals surface area contributed by atoms with Crippen molar-refractivity contribution in [3.05, 3.63) is 53.2 Å². The second-order valence-corrected chi connectivity index (χ2v) is 6.26. The first-order chi connectivity index (χ1) is 13.0. The van der Waals surface area contributed by atoms with Crippen molar-refractivity contribution < 1.29 is 9.47 Å². The van der Waals surface area contributed by atoms with Gasteiger partial charge in [-0.2, -0.15) is 10.1 Å². The van der Waals surface area contributed by atoms with Crippen LogP contribution in [0.5, 0.6) is 11.5 Å². The fourth-order valence-electron chi connectivity index (χ4n) is 2.96. The molecule has 3 rings (SSSR count). The highest BCUT2D eigenvalue weighted by atomic mass is 16.5. The standard InChI is InChI=1S/C20H23N5O2/c1-12-8-13(2)19(14(3)9-12)24-20-23-18(11-21-25-20)22-16-10-15(26-4)6-7-17(16)27-5/h6-11H,1-5H3,(H2,22,23,24,25). The molecule has 3 aromatic rings. The molecule has 0 saturated carbocycles. The molecule has 0 aliphatic heterocycles. The minimum absolute atomic E-state index is 0.414. The lowest BCUT2D eigenvalue weighted by molar-refractivity contribution is 0.405. The quantitative estimate of drug-likeness (QED) is 0.674. The molecule has 0 spiro atoms. The zero-order valence-electron chi connectivity index (χ0n) is 16.1. The lowest BCUT2D eigenvalue weighted by Gasteiger charge is -2.14. The molecule has 0 atom stereocenters. The van der Waals surface area contributed by atoms with Gasteiger partial charge in [-0.3, -0.25) is 0 Å². The summed E-state index contributed by atoms with van der Waals surface area (Å²) in [5, 5.41) is 14.6.